The van der Waals surface area contributed by atoms with E-state index in [1.807, 2.05) is 13.0 Å². The van der Waals surface area contributed by atoms with Gasteiger partial charge in [0.2, 0.25) is 0 Å². The molecule has 1 heterocycles. The van der Waals surface area contributed by atoms with Crippen LogP contribution in [0.3, 0.4) is 0 Å². The number of nitrogens with one attached hydrogen (secondary N) is 1. The van der Waals surface area contributed by atoms with E-state index >= 15 is 0 Å². The van der Waals surface area contributed by atoms with Crippen molar-refractivity contribution in [3.63, 3.8) is 0 Å². The molecule has 100 valence electrons. The lowest BCUT2D eigenvalue weighted by Crippen LogP contribution is -2.39. The Balaban J connectivity index is 2.48. The van der Waals surface area contributed by atoms with E-state index < -0.39 is 12.0 Å². The fourth-order valence-electron chi connectivity index (χ4n) is 2.65. The zero-order chi connectivity index (χ0) is 13.3. The van der Waals surface area contributed by atoms with E-state index in [1.165, 1.54) is 13.2 Å². The van der Waals surface area contributed by atoms with Crippen LogP contribution >= 0.6 is 0 Å². The predicted molar refractivity (Wildman–Crippen MR) is 67.4 cm³/mol. The number of ether oxygens (including phenoxy) is 1. The van der Waals surface area contributed by atoms with Gasteiger partial charge in [0.1, 0.15) is 5.75 Å². The fraction of sp³-hybridized carbons (Fsp3) is 0.571. The minimum absolute atomic E-state index is 0.00176. The zero-order valence-corrected chi connectivity index (χ0v) is 11.0. The molecule has 0 radical (unpaired) electrons. The van der Waals surface area contributed by atoms with Gasteiger partial charge in [0.15, 0.2) is 0 Å². The Bertz CT molecular complexity index is 440. The molecule has 2 rings (SSSR count). The van der Waals surface area contributed by atoms with Crippen molar-refractivity contribution in [3.05, 3.63) is 28.8 Å². The van der Waals surface area contributed by atoms with E-state index in [2.05, 4.69) is 5.32 Å². The van der Waals surface area contributed by atoms with Crippen LogP contribution in [0.5, 0.6) is 5.75 Å². The Hall–Kier alpha value is -1.16. The smallest absolute Gasteiger partial charge is 0.291 e. The molecule has 1 unspecified atom stereocenters. The van der Waals surface area contributed by atoms with Crippen LogP contribution in [0.15, 0.2) is 12.1 Å². The SMILES string of the molecule is COc1c(C)cc(C)cc1C(F)(F)C1CCCN1. The minimum atomic E-state index is -2.89. The van der Waals surface area contributed by atoms with Crippen molar-refractivity contribution in [2.24, 2.45) is 0 Å². The summed E-state index contributed by atoms with van der Waals surface area (Å²) >= 11 is 0. The molecular weight excluding hydrogens is 236 g/mol. The summed E-state index contributed by atoms with van der Waals surface area (Å²) in [5.74, 6) is -2.59. The molecule has 1 saturated heterocycles. The molecule has 0 bridgehead atoms. The van der Waals surface area contributed by atoms with Gasteiger partial charge in [0, 0.05) is 0 Å². The summed E-state index contributed by atoms with van der Waals surface area (Å²) in [5, 5.41) is 2.88. The Morgan fingerprint density at radius 3 is 2.61 bits per heavy atom. The van der Waals surface area contributed by atoms with Gasteiger partial charge >= 0.3 is 0 Å². The van der Waals surface area contributed by atoms with Crippen LogP contribution in [0.25, 0.3) is 0 Å². The van der Waals surface area contributed by atoms with Gasteiger partial charge in [-0.1, -0.05) is 11.6 Å². The molecular formula is C14H19F2NO. The molecule has 4 heteroatoms. The van der Waals surface area contributed by atoms with Crippen LogP contribution in [0, 0.1) is 13.8 Å². The second kappa shape index (κ2) is 4.84. The normalized spacial score (nSPS) is 20.2. The number of hydrogen-bond donors (Lipinski definition) is 1. The summed E-state index contributed by atoms with van der Waals surface area (Å²) in [6.45, 7) is 4.29. The van der Waals surface area contributed by atoms with Crippen molar-refractivity contribution in [1.82, 2.24) is 5.32 Å². The third-order valence-electron chi connectivity index (χ3n) is 3.48. The van der Waals surface area contributed by atoms with Crippen LogP contribution in [0.1, 0.15) is 29.5 Å². The van der Waals surface area contributed by atoms with E-state index in [0.717, 1.165) is 17.5 Å². The molecule has 2 nitrogen and oxygen atoms in total. The molecule has 1 fully saturated rings. The third-order valence-corrected chi connectivity index (χ3v) is 3.48. The summed E-state index contributed by atoms with van der Waals surface area (Å²) in [6.07, 6.45) is 1.30. The second-order valence-electron chi connectivity index (χ2n) is 4.93. The first-order valence-corrected chi connectivity index (χ1v) is 6.23. The molecule has 0 spiro atoms. The summed E-state index contributed by atoms with van der Waals surface area (Å²) in [5.41, 5.74) is 1.59. The van der Waals surface area contributed by atoms with Crippen molar-refractivity contribution >= 4 is 0 Å². The van der Waals surface area contributed by atoms with Crippen LogP contribution < -0.4 is 10.1 Å². The van der Waals surface area contributed by atoms with Gasteiger partial charge < -0.3 is 10.1 Å². The van der Waals surface area contributed by atoms with Gasteiger partial charge in [-0.2, -0.15) is 8.78 Å². The first-order valence-electron chi connectivity index (χ1n) is 6.23. The van der Waals surface area contributed by atoms with Gasteiger partial charge in [-0.15, -0.1) is 0 Å². The summed E-state index contributed by atoms with van der Waals surface area (Å²) in [6, 6.07) is 2.61. The van der Waals surface area contributed by atoms with Crippen molar-refractivity contribution in [2.45, 2.75) is 38.7 Å². The van der Waals surface area contributed by atoms with E-state index in [0.29, 0.717) is 18.7 Å². The van der Waals surface area contributed by atoms with Gasteiger partial charge in [-0.25, -0.2) is 0 Å². The van der Waals surface area contributed by atoms with Gasteiger partial charge in [0.05, 0.1) is 18.7 Å². The molecule has 0 aromatic heterocycles. The number of methoxy groups -OCH3 is 1. The maximum absolute atomic E-state index is 14.5. The summed E-state index contributed by atoms with van der Waals surface area (Å²) in [4.78, 5) is 0. The van der Waals surface area contributed by atoms with Crippen LogP contribution in [-0.4, -0.2) is 19.7 Å². The molecule has 0 amide bonds. The maximum Gasteiger partial charge on any atom is 0.291 e. The third kappa shape index (κ3) is 2.21. The molecule has 1 aliphatic heterocycles. The van der Waals surface area contributed by atoms with Gasteiger partial charge in [0.25, 0.3) is 5.92 Å². The Labute approximate surface area is 106 Å². The molecule has 1 N–H and O–H groups in total. The first-order chi connectivity index (χ1) is 8.46. The maximum atomic E-state index is 14.5. The fourth-order valence-corrected chi connectivity index (χ4v) is 2.65. The lowest BCUT2D eigenvalue weighted by molar-refractivity contribution is -0.0395. The summed E-state index contributed by atoms with van der Waals surface area (Å²) < 4.78 is 34.2. The summed E-state index contributed by atoms with van der Waals surface area (Å²) in [7, 11) is 1.44. The molecule has 0 aliphatic carbocycles. The number of aryl methyl sites for hydroxylation is 2. The van der Waals surface area contributed by atoms with Crippen molar-refractivity contribution in [2.75, 3.05) is 13.7 Å². The molecule has 1 atom stereocenters. The monoisotopic (exact) mass is 255 g/mol. The molecule has 1 aromatic carbocycles. The van der Waals surface area contributed by atoms with Crippen molar-refractivity contribution in [3.8, 4) is 5.75 Å². The second-order valence-corrected chi connectivity index (χ2v) is 4.93. The standard InChI is InChI=1S/C14H19F2NO/c1-9-7-10(2)13(18-3)11(8-9)14(15,16)12-5-4-6-17-12/h7-8,12,17H,4-6H2,1-3H3. The van der Waals surface area contributed by atoms with Crippen LogP contribution in [-0.2, 0) is 5.92 Å². The van der Waals surface area contributed by atoms with E-state index in [1.54, 1.807) is 6.92 Å². The van der Waals surface area contributed by atoms with E-state index in [9.17, 15) is 8.78 Å². The number of alkyl halides is 2. The van der Waals surface area contributed by atoms with E-state index in [4.69, 9.17) is 4.74 Å². The van der Waals surface area contributed by atoms with Crippen LogP contribution in [0.2, 0.25) is 0 Å². The highest BCUT2D eigenvalue weighted by Crippen LogP contribution is 2.42. The molecule has 1 aromatic rings. The number of benzene rings is 1. The first kappa shape index (κ1) is 13.3. The Morgan fingerprint density at radius 2 is 2.06 bits per heavy atom. The quantitative estimate of drug-likeness (QED) is 0.895. The van der Waals surface area contributed by atoms with E-state index in [-0.39, 0.29) is 5.56 Å². The Morgan fingerprint density at radius 1 is 1.33 bits per heavy atom. The van der Waals surface area contributed by atoms with Crippen LogP contribution in [0.4, 0.5) is 8.78 Å². The van der Waals surface area contributed by atoms with Crippen molar-refractivity contribution in [1.29, 1.82) is 0 Å². The highest BCUT2D eigenvalue weighted by molar-refractivity contribution is 5.46. The predicted octanol–water partition coefficient (Wildman–Crippen LogP) is 3.16. The van der Waals surface area contributed by atoms with Gasteiger partial charge in [-0.3, -0.25) is 0 Å². The largest absolute Gasteiger partial charge is 0.496 e. The average Bonchev–Trinajstić information content (AvgIpc) is 2.82. The lowest BCUT2D eigenvalue weighted by atomic mass is 9.95. The highest BCUT2D eigenvalue weighted by atomic mass is 19.3. The molecule has 18 heavy (non-hydrogen) atoms. The number of halogens is 2. The minimum Gasteiger partial charge on any atom is -0.496 e. The number of rotatable bonds is 3. The lowest BCUT2D eigenvalue weighted by Gasteiger charge is -2.26. The highest BCUT2D eigenvalue weighted by Gasteiger charge is 2.45. The number of hydrogen-bond acceptors (Lipinski definition) is 2. The zero-order valence-electron chi connectivity index (χ0n) is 11.0. The van der Waals surface area contributed by atoms with Gasteiger partial charge in [-0.05, 0) is 44.9 Å². The van der Waals surface area contributed by atoms with Crippen molar-refractivity contribution < 1.29 is 13.5 Å². The molecule has 1 aliphatic rings. The molecule has 0 saturated carbocycles. The Kier molecular flexibility index (Phi) is 3.57. The average molecular weight is 255 g/mol. The topological polar surface area (TPSA) is 21.3 Å².